The van der Waals surface area contributed by atoms with E-state index in [9.17, 15) is 4.39 Å². The molecule has 0 atom stereocenters. The molecule has 1 aromatic carbocycles. The monoisotopic (exact) mass is 305 g/mol. The summed E-state index contributed by atoms with van der Waals surface area (Å²) in [5.41, 5.74) is 1.65. The SMILES string of the molecule is Cc1cnc(Nc2ccc(F)c(C#N)c2)c(Br)c1. The van der Waals surface area contributed by atoms with Crippen LogP contribution in [0.3, 0.4) is 0 Å². The minimum absolute atomic E-state index is 0.00299. The molecule has 90 valence electrons. The molecule has 2 aromatic rings. The van der Waals surface area contributed by atoms with Crippen molar-refractivity contribution in [1.29, 1.82) is 5.26 Å². The number of aromatic nitrogens is 1. The number of hydrogen-bond donors (Lipinski definition) is 1. The number of nitrogens with zero attached hydrogens (tertiary/aromatic N) is 2. The minimum atomic E-state index is -0.529. The van der Waals surface area contributed by atoms with E-state index in [0.29, 0.717) is 11.5 Å². The molecule has 0 amide bonds. The van der Waals surface area contributed by atoms with Crippen molar-refractivity contribution in [2.75, 3.05) is 5.32 Å². The van der Waals surface area contributed by atoms with E-state index in [1.54, 1.807) is 18.3 Å². The summed E-state index contributed by atoms with van der Waals surface area (Å²) in [7, 11) is 0. The number of nitrogens with one attached hydrogen (secondary N) is 1. The summed E-state index contributed by atoms with van der Waals surface area (Å²) in [4.78, 5) is 4.22. The highest BCUT2D eigenvalue weighted by Gasteiger charge is 2.05. The van der Waals surface area contributed by atoms with E-state index in [4.69, 9.17) is 5.26 Å². The molecule has 0 saturated carbocycles. The maximum Gasteiger partial charge on any atom is 0.144 e. The summed E-state index contributed by atoms with van der Waals surface area (Å²) < 4.78 is 14.0. The van der Waals surface area contributed by atoms with Crippen molar-refractivity contribution in [2.45, 2.75) is 6.92 Å². The Morgan fingerprint density at radius 3 is 2.83 bits per heavy atom. The van der Waals surface area contributed by atoms with Gasteiger partial charge in [-0.05, 0) is 52.7 Å². The van der Waals surface area contributed by atoms with Crippen LogP contribution in [0, 0.1) is 24.1 Å². The first-order valence-corrected chi connectivity index (χ1v) is 5.98. The van der Waals surface area contributed by atoms with Gasteiger partial charge in [-0.1, -0.05) is 0 Å². The summed E-state index contributed by atoms with van der Waals surface area (Å²) in [5.74, 6) is 0.0927. The van der Waals surface area contributed by atoms with Crippen molar-refractivity contribution in [1.82, 2.24) is 4.98 Å². The van der Waals surface area contributed by atoms with Crippen molar-refractivity contribution in [2.24, 2.45) is 0 Å². The molecule has 0 spiro atoms. The number of rotatable bonds is 2. The van der Waals surface area contributed by atoms with Gasteiger partial charge in [-0.25, -0.2) is 9.37 Å². The third kappa shape index (κ3) is 2.66. The maximum atomic E-state index is 13.2. The van der Waals surface area contributed by atoms with Gasteiger partial charge in [0.2, 0.25) is 0 Å². The molecule has 1 heterocycles. The zero-order valence-electron chi connectivity index (χ0n) is 9.54. The van der Waals surface area contributed by atoms with Crippen LogP contribution in [0.2, 0.25) is 0 Å². The zero-order valence-corrected chi connectivity index (χ0v) is 11.1. The maximum absolute atomic E-state index is 13.2. The van der Waals surface area contributed by atoms with E-state index in [1.807, 2.05) is 13.0 Å². The molecule has 0 fully saturated rings. The second-order valence-corrected chi connectivity index (χ2v) is 4.63. The molecule has 3 nitrogen and oxygen atoms in total. The summed E-state index contributed by atoms with van der Waals surface area (Å²) >= 11 is 3.39. The number of aryl methyl sites for hydroxylation is 1. The van der Waals surface area contributed by atoms with Crippen molar-refractivity contribution in [3.05, 3.63) is 51.9 Å². The number of hydrogen-bond acceptors (Lipinski definition) is 3. The molecule has 0 aliphatic heterocycles. The fourth-order valence-corrected chi connectivity index (χ4v) is 2.01. The second-order valence-electron chi connectivity index (χ2n) is 3.77. The molecule has 5 heteroatoms. The Labute approximate surface area is 112 Å². The second kappa shape index (κ2) is 5.15. The van der Waals surface area contributed by atoms with Crippen molar-refractivity contribution in [3.8, 4) is 6.07 Å². The van der Waals surface area contributed by atoms with Crippen LogP contribution in [-0.4, -0.2) is 4.98 Å². The van der Waals surface area contributed by atoms with Crippen LogP contribution in [0.5, 0.6) is 0 Å². The smallest absolute Gasteiger partial charge is 0.144 e. The number of anilines is 2. The van der Waals surface area contributed by atoms with Gasteiger partial charge in [-0.3, -0.25) is 0 Å². The lowest BCUT2D eigenvalue weighted by Crippen LogP contribution is -1.96. The summed E-state index contributed by atoms with van der Waals surface area (Å²) in [6, 6.07) is 7.98. The van der Waals surface area contributed by atoms with Crippen molar-refractivity contribution in [3.63, 3.8) is 0 Å². The molecular weight excluding hydrogens is 297 g/mol. The summed E-state index contributed by atoms with van der Waals surface area (Å²) in [6.45, 7) is 1.94. The number of benzene rings is 1. The van der Waals surface area contributed by atoms with Crippen LogP contribution in [0.15, 0.2) is 34.9 Å². The zero-order chi connectivity index (χ0) is 13.1. The molecular formula is C13H9BrFN3. The predicted octanol–water partition coefficient (Wildman–Crippen LogP) is 3.91. The largest absolute Gasteiger partial charge is 0.339 e. The molecule has 0 aliphatic carbocycles. The lowest BCUT2D eigenvalue weighted by atomic mass is 10.2. The first-order valence-electron chi connectivity index (χ1n) is 5.19. The highest BCUT2D eigenvalue weighted by molar-refractivity contribution is 9.10. The molecule has 0 radical (unpaired) electrons. The van der Waals surface area contributed by atoms with Gasteiger partial charge in [-0.2, -0.15) is 5.26 Å². The Bertz CT molecular complexity index is 635. The van der Waals surface area contributed by atoms with Crippen LogP contribution in [0.4, 0.5) is 15.9 Å². The molecule has 1 aromatic heterocycles. The fourth-order valence-electron chi connectivity index (χ4n) is 1.45. The van der Waals surface area contributed by atoms with Crippen LogP contribution < -0.4 is 5.32 Å². The topological polar surface area (TPSA) is 48.7 Å². The van der Waals surface area contributed by atoms with Gasteiger partial charge in [0.05, 0.1) is 10.0 Å². The Morgan fingerprint density at radius 1 is 1.39 bits per heavy atom. The Morgan fingerprint density at radius 2 is 2.17 bits per heavy atom. The third-order valence-electron chi connectivity index (χ3n) is 2.33. The van der Waals surface area contributed by atoms with Gasteiger partial charge < -0.3 is 5.32 Å². The molecule has 0 bridgehead atoms. The average Bonchev–Trinajstić information content (AvgIpc) is 2.35. The normalized spacial score (nSPS) is 9.89. The third-order valence-corrected chi connectivity index (χ3v) is 2.93. The summed E-state index contributed by atoms with van der Waals surface area (Å²) in [6.07, 6.45) is 1.72. The summed E-state index contributed by atoms with van der Waals surface area (Å²) in [5, 5.41) is 11.8. The highest BCUT2D eigenvalue weighted by Crippen LogP contribution is 2.25. The van der Waals surface area contributed by atoms with Gasteiger partial charge in [0.15, 0.2) is 0 Å². The minimum Gasteiger partial charge on any atom is -0.339 e. The Balaban J connectivity index is 2.32. The average molecular weight is 306 g/mol. The van der Waals surface area contributed by atoms with E-state index in [0.717, 1.165) is 10.0 Å². The first-order chi connectivity index (χ1) is 8.60. The van der Waals surface area contributed by atoms with E-state index in [-0.39, 0.29) is 5.56 Å². The first kappa shape index (κ1) is 12.5. The molecule has 0 unspecified atom stereocenters. The van der Waals surface area contributed by atoms with Gasteiger partial charge in [0.25, 0.3) is 0 Å². The van der Waals surface area contributed by atoms with Crippen LogP contribution in [0.1, 0.15) is 11.1 Å². The van der Waals surface area contributed by atoms with E-state index < -0.39 is 5.82 Å². The van der Waals surface area contributed by atoms with E-state index in [1.165, 1.54) is 12.1 Å². The molecule has 0 aliphatic rings. The molecule has 0 saturated heterocycles. The number of pyridine rings is 1. The number of halogens is 2. The molecule has 18 heavy (non-hydrogen) atoms. The fraction of sp³-hybridized carbons (Fsp3) is 0.0769. The van der Waals surface area contributed by atoms with Gasteiger partial charge >= 0.3 is 0 Å². The standard InChI is InChI=1S/C13H9BrFN3/c1-8-4-11(14)13(17-7-8)18-10-2-3-12(15)9(5-10)6-16/h2-5,7H,1H3,(H,17,18). The van der Waals surface area contributed by atoms with E-state index >= 15 is 0 Å². The van der Waals surface area contributed by atoms with Crippen LogP contribution in [-0.2, 0) is 0 Å². The van der Waals surface area contributed by atoms with Gasteiger partial charge in [0, 0.05) is 11.9 Å². The molecule has 2 rings (SSSR count). The van der Waals surface area contributed by atoms with Crippen LogP contribution in [0.25, 0.3) is 0 Å². The Hall–Kier alpha value is -1.93. The highest BCUT2D eigenvalue weighted by atomic mass is 79.9. The van der Waals surface area contributed by atoms with Crippen LogP contribution >= 0.6 is 15.9 Å². The van der Waals surface area contributed by atoms with Gasteiger partial charge in [-0.15, -0.1) is 0 Å². The quantitative estimate of drug-likeness (QED) is 0.915. The lowest BCUT2D eigenvalue weighted by Gasteiger charge is -2.08. The lowest BCUT2D eigenvalue weighted by molar-refractivity contribution is 0.624. The molecule has 1 N–H and O–H groups in total. The van der Waals surface area contributed by atoms with Crippen molar-refractivity contribution < 1.29 is 4.39 Å². The van der Waals surface area contributed by atoms with Crippen molar-refractivity contribution >= 4 is 27.4 Å². The van der Waals surface area contributed by atoms with Gasteiger partial charge in [0.1, 0.15) is 17.7 Å². The van der Waals surface area contributed by atoms with E-state index in [2.05, 4.69) is 26.2 Å². The Kier molecular flexibility index (Phi) is 3.58. The predicted molar refractivity (Wildman–Crippen MR) is 71.1 cm³/mol. The number of nitriles is 1.